The Labute approximate surface area is 112 Å². The first-order valence-corrected chi connectivity index (χ1v) is 6.15. The lowest BCUT2D eigenvalue weighted by atomic mass is 10.3. The summed E-state index contributed by atoms with van der Waals surface area (Å²) in [5.74, 6) is -0.235. The van der Waals surface area contributed by atoms with E-state index in [0.29, 0.717) is 5.69 Å². The first-order chi connectivity index (χ1) is 8.65. The fraction of sp³-hybridized carbons (Fsp3) is 0.0769. The summed E-state index contributed by atoms with van der Waals surface area (Å²) >= 11 is 3.26. The van der Waals surface area contributed by atoms with E-state index in [-0.39, 0.29) is 18.0 Å². The van der Waals surface area contributed by atoms with Crippen LogP contribution in [0, 0.1) is 0 Å². The van der Waals surface area contributed by atoms with E-state index in [1.807, 2.05) is 18.2 Å². The Morgan fingerprint density at radius 3 is 2.61 bits per heavy atom. The van der Waals surface area contributed by atoms with Crippen LogP contribution >= 0.6 is 15.9 Å². The van der Waals surface area contributed by atoms with Crippen molar-refractivity contribution in [1.29, 1.82) is 0 Å². The first-order valence-electron chi connectivity index (χ1n) is 5.36. The Morgan fingerprint density at radius 2 is 1.89 bits per heavy atom. The van der Waals surface area contributed by atoms with Crippen LogP contribution in [0.4, 0.5) is 5.69 Å². The molecular weight excluding hydrogens is 296 g/mol. The van der Waals surface area contributed by atoms with Crippen molar-refractivity contribution in [2.24, 2.45) is 0 Å². The van der Waals surface area contributed by atoms with E-state index >= 15 is 0 Å². The second-order valence-electron chi connectivity index (χ2n) is 3.73. The minimum Gasteiger partial charge on any atom is -0.325 e. The van der Waals surface area contributed by atoms with E-state index in [9.17, 15) is 9.59 Å². The number of carbonyl (C=O) groups excluding carboxylic acids is 1. The molecule has 18 heavy (non-hydrogen) atoms. The summed E-state index contributed by atoms with van der Waals surface area (Å²) < 4.78 is 2.11. The van der Waals surface area contributed by atoms with Gasteiger partial charge in [0.25, 0.3) is 5.56 Å². The number of aromatic nitrogens is 1. The van der Waals surface area contributed by atoms with Crippen molar-refractivity contribution in [1.82, 2.24) is 4.57 Å². The van der Waals surface area contributed by atoms with Gasteiger partial charge in [0.2, 0.25) is 5.91 Å². The molecule has 0 saturated carbocycles. The van der Waals surface area contributed by atoms with Crippen molar-refractivity contribution in [3.05, 3.63) is 63.5 Å². The highest BCUT2D eigenvalue weighted by atomic mass is 79.9. The van der Waals surface area contributed by atoms with Gasteiger partial charge in [-0.25, -0.2) is 0 Å². The third kappa shape index (κ3) is 3.30. The maximum Gasteiger partial charge on any atom is 0.251 e. The highest BCUT2D eigenvalue weighted by Crippen LogP contribution is 2.06. The minimum atomic E-state index is -0.235. The number of benzene rings is 1. The molecule has 0 aliphatic heterocycles. The van der Waals surface area contributed by atoms with Crippen molar-refractivity contribution >= 4 is 27.5 Å². The van der Waals surface area contributed by atoms with Gasteiger partial charge in [-0.1, -0.05) is 18.2 Å². The summed E-state index contributed by atoms with van der Waals surface area (Å²) in [6.07, 6.45) is 1.59. The zero-order chi connectivity index (χ0) is 13.0. The Morgan fingerprint density at radius 1 is 1.17 bits per heavy atom. The average Bonchev–Trinajstić information content (AvgIpc) is 2.35. The van der Waals surface area contributed by atoms with Crippen LogP contribution in [0.25, 0.3) is 0 Å². The lowest BCUT2D eigenvalue weighted by Gasteiger charge is -2.07. The number of hydrogen-bond donors (Lipinski definition) is 1. The van der Waals surface area contributed by atoms with Gasteiger partial charge >= 0.3 is 0 Å². The van der Waals surface area contributed by atoms with Crippen LogP contribution in [0.1, 0.15) is 0 Å². The topological polar surface area (TPSA) is 51.1 Å². The zero-order valence-corrected chi connectivity index (χ0v) is 11.1. The molecule has 0 saturated heterocycles. The number of nitrogens with zero attached hydrogens (tertiary/aromatic N) is 1. The van der Waals surface area contributed by atoms with Crippen LogP contribution in [0.3, 0.4) is 0 Å². The van der Waals surface area contributed by atoms with Gasteiger partial charge in [-0.3, -0.25) is 9.59 Å². The average molecular weight is 307 g/mol. The Kier molecular flexibility index (Phi) is 3.94. The molecule has 4 nitrogen and oxygen atoms in total. The van der Waals surface area contributed by atoms with Crippen LogP contribution in [0.2, 0.25) is 0 Å². The summed E-state index contributed by atoms with van der Waals surface area (Å²) in [5, 5.41) is 2.72. The number of carbonyl (C=O) groups is 1. The fourth-order valence-electron chi connectivity index (χ4n) is 1.50. The normalized spacial score (nSPS) is 10.1. The third-order valence-electron chi connectivity index (χ3n) is 2.32. The number of anilines is 1. The van der Waals surface area contributed by atoms with E-state index in [4.69, 9.17) is 0 Å². The molecule has 0 radical (unpaired) electrons. The number of nitrogens with one attached hydrogen (secondary N) is 1. The number of halogens is 1. The standard InChI is InChI=1S/C13H11BrN2O2/c14-10-6-7-13(18)16(8-10)9-12(17)15-11-4-2-1-3-5-11/h1-8H,9H2,(H,15,17). The maximum absolute atomic E-state index is 11.8. The molecule has 1 aromatic carbocycles. The molecule has 1 N–H and O–H groups in total. The summed E-state index contributed by atoms with van der Waals surface area (Å²) in [5.41, 5.74) is 0.506. The van der Waals surface area contributed by atoms with Crippen molar-refractivity contribution in [3.8, 4) is 0 Å². The molecule has 2 aromatic rings. The molecule has 2 rings (SSSR count). The van der Waals surface area contributed by atoms with Crippen molar-refractivity contribution in [2.75, 3.05) is 5.32 Å². The molecule has 0 spiro atoms. The lowest BCUT2D eigenvalue weighted by Crippen LogP contribution is -2.26. The Hall–Kier alpha value is -1.88. The van der Waals surface area contributed by atoms with Crippen LogP contribution in [-0.2, 0) is 11.3 Å². The van der Waals surface area contributed by atoms with Crippen LogP contribution in [0.5, 0.6) is 0 Å². The van der Waals surface area contributed by atoms with Gasteiger partial charge in [-0.2, -0.15) is 0 Å². The largest absolute Gasteiger partial charge is 0.325 e. The van der Waals surface area contributed by atoms with Gasteiger partial charge < -0.3 is 9.88 Å². The lowest BCUT2D eigenvalue weighted by molar-refractivity contribution is -0.116. The predicted molar refractivity (Wildman–Crippen MR) is 73.5 cm³/mol. The monoisotopic (exact) mass is 306 g/mol. The number of para-hydroxylation sites is 1. The summed E-state index contributed by atoms with van der Waals surface area (Å²) in [6.45, 7) is -0.00678. The van der Waals surface area contributed by atoms with Crippen molar-refractivity contribution < 1.29 is 4.79 Å². The second-order valence-corrected chi connectivity index (χ2v) is 4.64. The molecule has 0 unspecified atom stereocenters. The highest BCUT2D eigenvalue weighted by Gasteiger charge is 2.05. The SMILES string of the molecule is O=C(Cn1cc(Br)ccc1=O)Nc1ccccc1. The molecule has 0 atom stereocenters. The summed E-state index contributed by atoms with van der Waals surface area (Å²) in [4.78, 5) is 23.3. The van der Waals surface area contributed by atoms with Gasteiger partial charge in [-0.05, 0) is 34.1 Å². The molecule has 1 aromatic heterocycles. The number of amides is 1. The fourth-order valence-corrected chi connectivity index (χ4v) is 1.88. The maximum atomic E-state index is 11.8. The van der Waals surface area contributed by atoms with Gasteiger partial charge in [0, 0.05) is 22.4 Å². The zero-order valence-electron chi connectivity index (χ0n) is 9.47. The van der Waals surface area contributed by atoms with E-state index in [1.165, 1.54) is 10.6 Å². The van der Waals surface area contributed by atoms with Crippen molar-refractivity contribution in [2.45, 2.75) is 6.54 Å². The molecule has 5 heteroatoms. The summed E-state index contributed by atoms with van der Waals surface area (Å²) in [7, 11) is 0. The third-order valence-corrected chi connectivity index (χ3v) is 2.79. The molecule has 1 amide bonds. The molecule has 0 aliphatic rings. The van der Waals surface area contributed by atoms with E-state index in [2.05, 4.69) is 21.2 Å². The van der Waals surface area contributed by atoms with E-state index in [0.717, 1.165) is 4.47 Å². The van der Waals surface area contributed by atoms with E-state index < -0.39 is 0 Å². The van der Waals surface area contributed by atoms with E-state index in [1.54, 1.807) is 24.4 Å². The predicted octanol–water partition coefficient (Wildman–Crippen LogP) is 2.25. The molecule has 0 fully saturated rings. The van der Waals surface area contributed by atoms with Gasteiger partial charge in [-0.15, -0.1) is 0 Å². The second kappa shape index (κ2) is 5.64. The highest BCUT2D eigenvalue weighted by molar-refractivity contribution is 9.10. The first kappa shape index (κ1) is 12.6. The Balaban J connectivity index is 2.08. The molecule has 0 aliphatic carbocycles. The van der Waals surface area contributed by atoms with Crippen LogP contribution < -0.4 is 10.9 Å². The molecule has 0 bridgehead atoms. The Bertz CT molecular complexity index is 608. The van der Waals surface area contributed by atoms with Gasteiger partial charge in [0.05, 0.1) is 0 Å². The minimum absolute atomic E-state index is 0.00678. The number of hydrogen-bond acceptors (Lipinski definition) is 2. The summed E-state index contributed by atoms with van der Waals surface area (Å²) in [6, 6.07) is 12.2. The van der Waals surface area contributed by atoms with Gasteiger partial charge in [0.15, 0.2) is 0 Å². The van der Waals surface area contributed by atoms with Crippen molar-refractivity contribution in [3.63, 3.8) is 0 Å². The molecule has 1 heterocycles. The smallest absolute Gasteiger partial charge is 0.251 e. The van der Waals surface area contributed by atoms with Crippen LogP contribution in [-0.4, -0.2) is 10.5 Å². The molecular formula is C13H11BrN2O2. The number of rotatable bonds is 3. The van der Waals surface area contributed by atoms with Crippen LogP contribution in [0.15, 0.2) is 57.9 Å². The quantitative estimate of drug-likeness (QED) is 0.945. The van der Waals surface area contributed by atoms with Gasteiger partial charge in [0.1, 0.15) is 6.54 Å². The molecule has 92 valence electrons. The number of pyridine rings is 1.